The highest BCUT2D eigenvalue weighted by molar-refractivity contribution is 8.15. The molecule has 0 aromatic heterocycles. The summed E-state index contributed by atoms with van der Waals surface area (Å²) in [6.07, 6.45) is 0.523. The molecular formula is C26H24N2O3S. The average Bonchev–Trinajstić information content (AvgIpc) is 3.14. The molecule has 3 amide bonds. The molecule has 1 fully saturated rings. The van der Waals surface area contributed by atoms with Crippen molar-refractivity contribution in [3.63, 3.8) is 0 Å². The van der Waals surface area contributed by atoms with E-state index in [0.717, 1.165) is 34.0 Å². The number of hydrogen-bond acceptors (Lipinski definition) is 4. The number of carbonyl (C=O) groups is 3. The van der Waals surface area contributed by atoms with Crippen LogP contribution in [0.2, 0.25) is 0 Å². The van der Waals surface area contributed by atoms with Crippen LogP contribution in [0.1, 0.15) is 28.4 Å². The maximum absolute atomic E-state index is 12.8. The van der Waals surface area contributed by atoms with Gasteiger partial charge < -0.3 is 4.90 Å². The summed E-state index contributed by atoms with van der Waals surface area (Å²) >= 11 is 1.05. The highest BCUT2D eigenvalue weighted by Crippen LogP contribution is 2.26. The summed E-state index contributed by atoms with van der Waals surface area (Å²) in [5.41, 5.74) is 4.90. The molecule has 5 nitrogen and oxygen atoms in total. The molecule has 1 heterocycles. The standard InChI is InChI=1S/C26H24N2O3S/c1-2-28(25(30)21-8-4-3-5-9-21)17-19-7-6-10-22(15-19)20-13-11-18(12-14-20)16-23-24(29)27-26(31)32-23/h3-15,23H,2,16-17H2,1H3,(H,27,29,31). The third-order valence-corrected chi connectivity index (χ3v) is 6.45. The van der Waals surface area contributed by atoms with Gasteiger partial charge in [0, 0.05) is 18.7 Å². The van der Waals surface area contributed by atoms with Crippen LogP contribution in [0.3, 0.4) is 0 Å². The minimum Gasteiger partial charge on any atom is -0.335 e. The van der Waals surface area contributed by atoms with E-state index in [1.54, 1.807) is 0 Å². The van der Waals surface area contributed by atoms with Gasteiger partial charge in [0.15, 0.2) is 0 Å². The van der Waals surface area contributed by atoms with E-state index in [9.17, 15) is 14.4 Å². The predicted octanol–water partition coefficient (Wildman–Crippen LogP) is 4.91. The second-order valence-corrected chi connectivity index (χ2v) is 8.85. The van der Waals surface area contributed by atoms with E-state index in [4.69, 9.17) is 0 Å². The van der Waals surface area contributed by atoms with Crippen LogP contribution in [0.4, 0.5) is 4.79 Å². The highest BCUT2D eigenvalue weighted by Gasteiger charge is 2.31. The van der Waals surface area contributed by atoms with E-state index in [0.29, 0.717) is 25.1 Å². The van der Waals surface area contributed by atoms with Crippen LogP contribution in [0.5, 0.6) is 0 Å². The second-order valence-electron chi connectivity index (χ2n) is 7.67. The zero-order chi connectivity index (χ0) is 22.5. The van der Waals surface area contributed by atoms with Crippen LogP contribution in [0, 0.1) is 0 Å². The fourth-order valence-electron chi connectivity index (χ4n) is 3.74. The Morgan fingerprint density at radius 3 is 2.31 bits per heavy atom. The fourth-order valence-corrected chi connectivity index (χ4v) is 4.59. The number of nitrogens with zero attached hydrogens (tertiary/aromatic N) is 1. The number of nitrogens with one attached hydrogen (secondary N) is 1. The third kappa shape index (κ3) is 5.08. The van der Waals surface area contributed by atoms with Crippen molar-refractivity contribution < 1.29 is 14.4 Å². The van der Waals surface area contributed by atoms with Crippen LogP contribution in [-0.2, 0) is 17.8 Å². The van der Waals surface area contributed by atoms with Crippen molar-refractivity contribution in [3.05, 3.63) is 95.6 Å². The summed E-state index contributed by atoms with van der Waals surface area (Å²) in [7, 11) is 0. The highest BCUT2D eigenvalue weighted by atomic mass is 32.2. The van der Waals surface area contributed by atoms with Crippen molar-refractivity contribution in [2.24, 2.45) is 0 Å². The molecule has 0 bridgehead atoms. The summed E-state index contributed by atoms with van der Waals surface area (Å²) in [6, 6.07) is 25.6. The molecule has 0 aliphatic carbocycles. The van der Waals surface area contributed by atoms with Gasteiger partial charge in [-0.25, -0.2) is 0 Å². The number of carbonyl (C=O) groups excluding carboxylic acids is 3. The molecule has 32 heavy (non-hydrogen) atoms. The minimum atomic E-state index is -0.362. The SMILES string of the molecule is CCN(Cc1cccc(-c2ccc(CC3SC(=O)NC3=O)cc2)c1)C(=O)c1ccccc1. The molecule has 3 aromatic carbocycles. The Labute approximate surface area is 191 Å². The normalized spacial score (nSPS) is 15.5. The maximum Gasteiger partial charge on any atom is 0.286 e. The minimum absolute atomic E-state index is 0.0233. The van der Waals surface area contributed by atoms with Crippen molar-refractivity contribution in [1.29, 1.82) is 0 Å². The zero-order valence-corrected chi connectivity index (χ0v) is 18.6. The van der Waals surface area contributed by atoms with E-state index in [-0.39, 0.29) is 22.3 Å². The molecule has 1 saturated heterocycles. The van der Waals surface area contributed by atoms with Gasteiger partial charge in [-0.1, -0.05) is 72.4 Å². The van der Waals surface area contributed by atoms with Gasteiger partial charge in [-0.2, -0.15) is 0 Å². The first-order valence-electron chi connectivity index (χ1n) is 10.6. The molecule has 0 radical (unpaired) electrons. The third-order valence-electron chi connectivity index (χ3n) is 5.47. The van der Waals surface area contributed by atoms with Crippen molar-refractivity contribution in [3.8, 4) is 11.1 Å². The lowest BCUT2D eigenvalue weighted by molar-refractivity contribution is -0.118. The molecule has 0 spiro atoms. The zero-order valence-electron chi connectivity index (χ0n) is 17.8. The fraction of sp³-hybridized carbons (Fsp3) is 0.192. The lowest BCUT2D eigenvalue weighted by atomic mass is 10.00. The topological polar surface area (TPSA) is 66.5 Å². The number of rotatable bonds is 7. The van der Waals surface area contributed by atoms with Gasteiger partial charge in [-0.15, -0.1) is 0 Å². The average molecular weight is 445 g/mol. The number of thioether (sulfide) groups is 1. The Morgan fingerprint density at radius 2 is 1.66 bits per heavy atom. The first kappa shape index (κ1) is 21.8. The summed E-state index contributed by atoms with van der Waals surface area (Å²) in [5.74, 6) is -0.197. The van der Waals surface area contributed by atoms with E-state index < -0.39 is 0 Å². The van der Waals surface area contributed by atoms with Crippen molar-refractivity contribution in [2.45, 2.75) is 25.1 Å². The molecule has 1 aliphatic rings. The molecule has 162 valence electrons. The quantitative estimate of drug-likeness (QED) is 0.562. The Kier molecular flexibility index (Phi) is 6.71. The van der Waals surface area contributed by atoms with Crippen molar-refractivity contribution in [1.82, 2.24) is 10.2 Å². The van der Waals surface area contributed by atoms with Crippen LogP contribution in [0.25, 0.3) is 11.1 Å². The molecule has 1 atom stereocenters. The Balaban J connectivity index is 1.46. The van der Waals surface area contributed by atoms with E-state index in [2.05, 4.69) is 11.4 Å². The van der Waals surface area contributed by atoms with Crippen molar-refractivity contribution in [2.75, 3.05) is 6.54 Å². The molecule has 1 N–H and O–H groups in total. The number of hydrogen-bond donors (Lipinski definition) is 1. The first-order valence-corrected chi connectivity index (χ1v) is 11.5. The van der Waals surface area contributed by atoms with Gasteiger partial charge in [-0.05, 0) is 53.8 Å². The largest absolute Gasteiger partial charge is 0.335 e. The summed E-state index contributed by atoms with van der Waals surface area (Å²) in [4.78, 5) is 37.8. The molecule has 4 rings (SSSR count). The van der Waals surface area contributed by atoms with Crippen molar-refractivity contribution >= 4 is 28.8 Å². The lowest BCUT2D eigenvalue weighted by Gasteiger charge is -2.21. The summed E-state index contributed by atoms with van der Waals surface area (Å²) < 4.78 is 0. The van der Waals surface area contributed by atoms with Crippen LogP contribution in [0.15, 0.2) is 78.9 Å². The van der Waals surface area contributed by atoms with E-state index in [1.807, 2.05) is 84.6 Å². The van der Waals surface area contributed by atoms with Gasteiger partial charge in [0.1, 0.15) is 0 Å². The maximum atomic E-state index is 12.8. The van der Waals surface area contributed by atoms with E-state index in [1.165, 1.54) is 0 Å². The molecule has 1 unspecified atom stereocenters. The van der Waals surface area contributed by atoms with Crippen LogP contribution >= 0.6 is 11.8 Å². The smallest absolute Gasteiger partial charge is 0.286 e. The second kappa shape index (κ2) is 9.83. The van der Waals surface area contributed by atoms with Crippen LogP contribution in [-0.4, -0.2) is 33.7 Å². The van der Waals surface area contributed by atoms with Gasteiger partial charge in [0.25, 0.3) is 11.1 Å². The predicted molar refractivity (Wildman–Crippen MR) is 127 cm³/mol. The van der Waals surface area contributed by atoms with Gasteiger partial charge in [-0.3, -0.25) is 19.7 Å². The van der Waals surface area contributed by atoms with Gasteiger partial charge in [0.2, 0.25) is 5.91 Å². The first-order chi connectivity index (χ1) is 15.5. The molecular weight excluding hydrogens is 420 g/mol. The number of benzene rings is 3. The Hall–Kier alpha value is -3.38. The van der Waals surface area contributed by atoms with E-state index >= 15 is 0 Å². The molecule has 3 aromatic rings. The number of imide groups is 1. The lowest BCUT2D eigenvalue weighted by Crippen LogP contribution is -2.30. The summed E-state index contributed by atoms with van der Waals surface area (Å²) in [5, 5.41) is 1.69. The Morgan fingerprint density at radius 1 is 0.906 bits per heavy atom. The molecule has 0 saturated carbocycles. The molecule has 6 heteroatoms. The monoisotopic (exact) mass is 444 g/mol. The summed E-state index contributed by atoms with van der Waals surface area (Å²) in [6.45, 7) is 3.15. The molecule has 1 aliphatic heterocycles. The van der Waals surface area contributed by atoms with Gasteiger partial charge in [0.05, 0.1) is 5.25 Å². The van der Waals surface area contributed by atoms with Crippen LogP contribution < -0.4 is 5.32 Å². The van der Waals surface area contributed by atoms with Gasteiger partial charge >= 0.3 is 0 Å². The Bertz CT molecular complexity index is 1130. The number of amides is 3.